The van der Waals surface area contributed by atoms with Crippen LogP contribution in [0.5, 0.6) is 0 Å². The summed E-state index contributed by atoms with van der Waals surface area (Å²) in [5.41, 5.74) is 3.29. The highest BCUT2D eigenvalue weighted by Gasteiger charge is 2.18. The first-order chi connectivity index (χ1) is 19.8. The van der Waals surface area contributed by atoms with Gasteiger partial charge in [-0.2, -0.15) is 0 Å². The van der Waals surface area contributed by atoms with Gasteiger partial charge in [-0.3, -0.25) is 15.0 Å². The number of amides is 1. The van der Waals surface area contributed by atoms with Crippen molar-refractivity contribution in [3.8, 4) is 11.3 Å². The molecule has 210 valence electrons. The second-order valence-corrected chi connectivity index (χ2v) is 10.8. The molecule has 1 aliphatic rings. The molecule has 41 heavy (non-hydrogen) atoms. The van der Waals surface area contributed by atoms with E-state index >= 15 is 0 Å². The molecule has 5 rings (SSSR count). The van der Waals surface area contributed by atoms with Crippen LogP contribution in [0.15, 0.2) is 89.4 Å². The Morgan fingerprint density at radius 1 is 0.976 bits per heavy atom. The van der Waals surface area contributed by atoms with Crippen LogP contribution in [0.25, 0.3) is 17.4 Å². The number of anilines is 2. The predicted molar refractivity (Wildman–Crippen MR) is 168 cm³/mol. The quantitative estimate of drug-likeness (QED) is 0.170. The van der Waals surface area contributed by atoms with Gasteiger partial charge in [0.25, 0.3) is 0 Å². The van der Waals surface area contributed by atoms with Crippen molar-refractivity contribution in [2.24, 2.45) is 0 Å². The average molecular weight is 610 g/mol. The molecule has 0 saturated carbocycles. The van der Waals surface area contributed by atoms with E-state index in [0.717, 1.165) is 43.1 Å². The third kappa shape index (κ3) is 7.74. The van der Waals surface area contributed by atoms with Gasteiger partial charge in [-0.05, 0) is 79.0 Å². The molecule has 3 aromatic carbocycles. The number of hydrogen-bond donors (Lipinski definition) is 2. The molecule has 6 nitrogen and oxygen atoms in total. The number of carbonyl (C=O) groups excluding carboxylic acids is 1. The summed E-state index contributed by atoms with van der Waals surface area (Å²) < 4.78 is 19.8. The molecular weight excluding hydrogens is 582 g/mol. The van der Waals surface area contributed by atoms with Crippen LogP contribution in [0.2, 0.25) is 10.0 Å². The van der Waals surface area contributed by atoms with Gasteiger partial charge in [0.2, 0.25) is 5.91 Å². The molecule has 4 aromatic rings. The number of halogens is 3. The van der Waals surface area contributed by atoms with Crippen LogP contribution < -0.4 is 15.5 Å². The van der Waals surface area contributed by atoms with E-state index in [0.29, 0.717) is 33.7 Å². The van der Waals surface area contributed by atoms with Gasteiger partial charge in [0, 0.05) is 66.3 Å². The molecule has 0 unspecified atom stereocenters. The lowest BCUT2D eigenvalue weighted by Crippen LogP contribution is -2.46. The molecule has 0 radical (unpaired) electrons. The lowest BCUT2D eigenvalue weighted by atomic mass is 10.1. The molecule has 2 N–H and O–H groups in total. The number of benzene rings is 3. The Kier molecular flexibility index (Phi) is 9.36. The summed E-state index contributed by atoms with van der Waals surface area (Å²) in [7, 11) is 0. The van der Waals surface area contributed by atoms with E-state index in [4.69, 9.17) is 39.8 Å². The minimum absolute atomic E-state index is 0.157. The highest BCUT2D eigenvalue weighted by Crippen LogP contribution is 2.31. The molecule has 1 amide bonds. The molecule has 1 fully saturated rings. The molecule has 0 spiro atoms. The maximum absolute atomic E-state index is 14.0. The van der Waals surface area contributed by atoms with E-state index in [1.807, 2.05) is 36.4 Å². The Morgan fingerprint density at radius 3 is 2.46 bits per heavy atom. The first-order valence-corrected chi connectivity index (χ1v) is 14.2. The Bertz CT molecular complexity index is 1570. The molecule has 1 saturated heterocycles. The molecular formula is C31H27Cl2FN4O2S. The first-order valence-electron chi connectivity index (χ1n) is 13.0. The highest BCUT2D eigenvalue weighted by atomic mass is 35.5. The summed E-state index contributed by atoms with van der Waals surface area (Å²) in [6, 6.07) is 23.5. The average Bonchev–Trinajstić information content (AvgIpc) is 3.43. The van der Waals surface area contributed by atoms with Crippen molar-refractivity contribution < 1.29 is 13.6 Å². The van der Waals surface area contributed by atoms with Gasteiger partial charge in [0.05, 0.1) is 5.02 Å². The van der Waals surface area contributed by atoms with Crippen LogP contribution in [0.4, 0.5) is 15.8 Å². The van der Waals surface area contributed by atoms with E-state index in [-0.39, 0.29) is 10.9 Å². The smallest absolute Gasteiger partial charge is 0.250 e. The number of nitrogens with one attached hydrogen (secondary N) is 2. The van der Waals surface area contributed by atoms with Gasteiger partial charge in [0.15, 0.2) is 5.11 Å². The Balaban J connectivity index is 1.08. The maximum atomic E-state index is 14.0. The summed E-state index contributed by atoms with van der Waals surface area (Å²) >= 11 is 17.5. The second kappa shape index (κ2) is 13.3. The van der Waals surface area contributed by atoms with Gasteiger partial charge in [-0.15, -0.1) is 0 Å². The van der Waals surface area contributed by atoms with Crippen LogP contribution in [-0.2, 0) is 11.3 Å². The number of nitrogens with zero attached hydrogens (tertiary/aromatic N) is 2. The molecule has 1 aliphatic heterocycles. The number of hydrogen-bond acceptors (Lipinski definition) is 5. The van der Waals surface area contributed by atoms with E-state index in [1.54, 1.807) is 42.5 Å². The van der Waals surface area contributed by atoms with Crippen molar-refractivity contribution in [2.75, 3.05) is 36.4 Å². The topological polar surface area (TPSA) is 60.8 Å². The van der Waals surface area contributed by atoms with Gasteiger partial charge in [-0.1, -0.05) is 41.4 Å². The van der Waals surface area contributed by atoms with E-state index < -0.39 is 5.91 Å². The lowest BCUT2D eigenvalue weighted by Gasteiger charge is -2.36. The first kappa shape index (κ1) is 28.8. The standard InChI is InChI=1S/C31H27Cl2FN4O2S/c32-22-5-12-26(27(33)19-22)29-13-10-25(40-29)11-14-30(39)36-31(41)35-23-6-8-24(9-7-23)38-17-15-37(16-18-38)20-21-3-1-2-4-28(21)34/h1-14,19H,15-18,20H2,(H2,35,36,39,41)/b14-11+. The van der Waals surface area contributed by atoms with Gasteiger partial charge in [0.1, 0.15) is 17.3 Å². The summed E-state index contributed by atoms with van der Waals surface area (Å²) in [4.78, 5) is 16.9. The van der Waals surface area contributed by atoms with Crippen LogP contribution >= 0.6 is 35.4 Å². The minimum atomic E-state index is -0.394. The van der Waals surface area contributed by atoms with Crippen molar-refractivity contribution >= 4 is 63.9 Å². The van der Waals surface area contributed by atoms with Crippen LogP contribution in [-0.4, -0.2) is 42.1 Å². The van der Waals surface area contributed by atoms with Crippen LogP contribution in [0.3, 0.4) is 0 Å². The van der Waals surface area contributed by atoms with Crippen LogP contribution in [0.1, 0.15) is 11.3 Å². The molecule has 1 aromatic heterocycles. The van der Waals surface area contributed by atoms with Crippen molar-refractivity contribution in [2.45, 2.75) is 6.54 Å². The van der Waals surface area contributed by atoms with Crippen molar-refractivity contribution in [3.05, 3.63) is 112 Å². The normalized spacial score (nSPS) is 13.9. The third-order valence-electron chi connectivity index (χ3n) is 6.67. The fraction of sp³-hybridized carbons (Fsp3) is 0.161. The molecule has 0 aliphatic carbocycles. The predicted octanol–water partition coefficient (Wildman–Crippen LogP) is 7.24. The SMILES string of the molecule is O=C(/C=C/c1ccc(-c2ccc(Cl)cc2Cl)o1)NC(=S)Nc1ccc(N2CCN(Cc3ccccc3F)CC2)cc1. The fourth-order valence-corrected chi connectivity index (χ4v) is 5.26. The molecule has 0 atom stereocenters. The van der Waals surface area contributed by atoms with Crippen LogP contribution in [0, 0.1) is 5.82 Å². The Labute approximate surface area is 253 Å². The largest absolute Gasteiger partial charge is 0.457 e. The van der Waals surface area contributed by atoms with Crippen molar-refractivity contribution in [3.63, 3.8) is 0 Å². The second-order valence-electron chi connectivity index (χ2n) is 9.50. The number of rotatable bonds is 7. The Morgan fingerprint density at radius 2 is 1.73 bits per heavy atom. The highest BCUT2D eigenvalue weighted by molar-refractivity contribution is 7.80. The maximum Gasteiger partial charge on any atom is 0.250 e. The molecule has 2 heterocycles. The molecule has 0 bridgehead atoms. The summed E-state index contributed by atoms with van der Waals surface area (Å²) in [6.45, 7) is 4.03. The lowest BCUT2D eigenvalue weighted by molar-refractivity contribution is -0.115. The number of thiocarbonyl (C=S) groups is 1. The fourth-order valence-electron chi connectivity index (χ4n) is 4.54. The number of carbonyl (C=O) groups is 1. The van der Waals surface area contributed by atoms with Gasteiger partial charge < -0.3 is 14.6 Å². The molecule has 10 heteroatoms. The van der Waals surface area contributed by atoms with Crippen molar-refractivity contribution in [1.29, 1.82) is 0 Å². The summed E-state index contributed by atoms with van der Waals surface area (Å²) in [5, 5.41) is 6.86. The van der Waals surface area contributed by atoms with Gasteiger partial charge in [-0.25, -0.2) is 4.39 Å². The van der Waals surface area contributed by atoms with Gasteiger partial charge >= 0.3 is 0 Å². The zero-order valence-electron chi connectivity index (χ0n) is 21.9. The number of furan rings is 1. The number of piperazine rings is 1. The van der Waals surface area contributed by atoms with E-state index in [9.17, 15) is 9.18 Å². The summed E-state index contributed by atoms with van der Waals surface area (Å²) in [6.07, 6.45) is 2.89. The minimum Gasteiger partial charge on any atom is -0.457 e. The zero-order valence-corrected chi connectivity index (χ0v) is 24.3. The summed E-state index contributed by atoms with van der Waals surface area (Å²) in [5.74, 6) is 0.505. The van der Waals surface area contributed by atoms with Crippen molar-refractivity contribution in [1.82, 2.24) is 10.2 Å². The Hall–Kier alpha value is -3.69. The monoisotopic (exact) mass is 608 g/mol. The van der Waals surface area contributed by atoms with E-state index in [1.165, 1.54) is 12.1 Å². The zero-order chi connectivity index (χ0) is 28.8. The third-order valence-corrected chi connectivity index (χ3v) is 7.43. The van der Waals surface area contributed by atoms with E-state index in [2.05, 4.69) is 20.4 Å².